The van der Waals surface area contributed by atoms with E-state index in [0.717, 1.165) is 17.5 Å². The molecule has 1 aliphatic rings. The van der Waals surface area contributed by atoms with Crippen LogP contribution < -0.4 is 9.47 Å². The number of rotatable bonds is 8. The minimum Gasteiger partial charge on any atom is -0.490 e. The van der Waals surface area contributed by atoms with Crippen molar-refractivity contribution in [3.63, 3.8) is 0 Å². The zero-order valence-corrected chi connectivity index (χ0v) is 14.4. The Bertz CT molecular complexity index is 747. The molecule has 1 aliphatic heterocycles. The van der Waals surface area contributed by atoms with Gasteiger partial charge in [0.05, 0.1) is 31.6 Å². The van der Waals surface area contributed by atoms with Crippen LogP contribution in [-0.2, 0) is 9.57 Å². The van der Waals surface area contributed by atoms with Gasteiger partial charge in [-0.3, -0.25) is 0 Å². The second-order valence-electron chi connectivity index (χ2n) is 5.21. The molecule has 0 bridgehead atoms. The Balaban J connectivity index is 1.87. The van der Waals surface area contributed by atoms with Crippen LogP contribution >= 0.6 is 11.6 Å². The molecular formula is C17H19ClN2O4. The molecule has 1 aromatic carbocycles. The van der Waals surface area contributed by atoms with Crippen LogP contribution in [0, 0.1) is 0 Å². The second kappa shape index (κ2) is 7.68. The van der Waals surface area contributed by atoms with E-state index in [9.17, 15) is 0 Å². The third-order valence-electron chi connectivity index (χ3n) is 3.39. The molecule has 24 heavy (non-hydrogen) atoms. The van der Waals surface area contributed by atoms with Crippen molar-refractivity contribution < 1.29 is 19.0 Å². The molecule has 1 atom stereocenters. The first kappa shape index (κ1) is 16.8. The monoisotopic (exact) mass is 350 g/mol. The van der Waals surface area contributed by atoms with Crippen LogP contribution in [0.3, 0.4) is 0 Å². The number of epoxide rings is 1. The number of hydrogen-bond acceptors (Lipinski definition) is 6. The Labute approximate surface area is 145 Å². The summed E-state index contributed by atoms with van der Waals surface area (Å²) in [6.45, 7) is 6.13. The van der Waals surface area contributed by atoms with Gasteiger partial charge in [-0.25, -0.2) is 4.98 Å². The number of halogens is 1. The van der Waals surface area contributed by atoms with Gasteiger partial charge in [0.1, 0.15) is 17.9 Å². The maximum absolute atomic E-state index is 6.23. The topological polar surface area (TPSA) is 65.5 Å². The van der Waals surface area contributed by atoms with E-state index in [1.807, 2.05) is 32.0 Å². The molecule has 3 rings (SSSR count). The van der Waals surface area contributed by atoms with Gasteiger partial charge in [-0.1, -0.05) is 16.8 Å². The van der Waals surface area contributed by atoms with Crippen LogP contribution in [0.2, 0.25) is 5.15 Å². The van der Waals surface area contributed by atoms with Gasteiger partial charge in [0.15, 0.2) is 11.5 Å². The predicted molar refractivity (Wildman–Crippen MR) is 92.4 cm³/mol. The number of nitrogens with zero attached hydrogens (tertiary/aromatic N) is 2. The maximum Gasteiger partial charge on any atom is 0.163 e. The van der Waals surface area contributed by atoms with Crippen LogP contribution in [-0.4, -0.2) is 43.7 Å². The molecule has 0 N–H and O–H groups in total. The molecule has 7 heteroatoms. The molecule has 0 saturated carbocycles. The van der Waals surface area contributed by atoms with Crippen molar-refractivity contribution in [1.29, 1.82) is 0 Å². The maximum atomic E-state index is 6.23. The Morgan fingerprint density at radius 3 is 2.62 bits per heavy atom. The SMILES string of the molecule is CCOc1cc2cc(/C=N/OCC3CO3)c(Cl)nc2cc1OCC. The molecule has 1 unspecified atom stereocenters. The standard InChI is InChI=1S/C17H19ClN2O4/c1-3-21-15-6-11-5-12(8-19-24-10-13-9-23-13)17(18)20-14(11)7-16(15)22-4-2/h5-8,13H,3-4,9-10H2,1-2H3/b19-8+. The molecule has 0 aliphatic carbocycles. The summed E-state index contributed by atoms with van der Waals surface area (Å²) in [7, 11) is 0. The van der Waals surface area contributed by atoms with Crippen molar-refractivity contribution in [3.8, 4) is 11.5 Å². The lowest BCUT2D eigenvalue weighted by Crippen LogP contribution is -2.00. The van der Waals surface area contributed by atoms with Gasteiger partial charge in [-0.2, -0.15) is 0 Å². The number of ether oxygens (including phenoxy) is 3. The van der Waals surface area contributed by atoms with Crippen LogP contribution in [0.5, 0.6) is 11.5 Å². The Morgan fingerprint density at radius 2 is 1.96 bits per heavy atom. The van der Waals surface area contributed by atoms with E-state index in [-0.39, 0.29) is 6.10 Å². The number of pyridine rings is 1. The normalized spacial score (nSPS) is 16.5. The lowest BCUT2D eigenvalue weighted by Gasteiger charge is -2.12. The van der Waals surface area contributed by atoms with E-state index in [1.165, 1.54) is 0 Å². The summed E-state index contributed by atoms with van der Waals surface area (Å²) in [5, 5.41) is 5.15. The third kappa shape index (κ3) is 4.07. The van der Waals surface area contributed by atoms with E-state index in [4.69, 9.17) is 30.6 Å². The molecule has 128 valence electrons. The molecular weight excluding hydrogens is 332 g/mol. The average molecular weight is 351 g/mol. The molecule has 0 amide bonds. The zero-order chi connectivity index (χ0) is 16.9. The predicted octanol–water partition coefficient (Wildman–Crippen LogP) is 3.43. The first-order valence-electron chi connectivity index (χ1n) is 7.88. The van der Waals surface area contributed by atoms with Gasteiger partial charge < -0.3 is 19.0 Å². The fourth-order valence-electron chi connectivity index (χ4n) is 2.19. The van der Waals surface area contributed by atoms with E-state index in [2.05, 4.69) is 10.1 Å². The van der Waals surface area contributed by atoms with Crippen molar-refractivity contribution >= 4 is 28.7 Å². The molecule has 2 aromatic rings. The number of aromatic nitrogens is 1. The molecule has 0 spiro atoms. The molecule has 6 nitrogen and oxygen atoms in total. The van der Waals surface area contributed by atoms with Crippen molar-refractivity contribution in [2.45, 2.75) is 20.0 Å². The smallest absolute Gasteiger partial charge is 0.163 e. The minimum absolute atomic E-state index is 0.165. The minimum atomic E-state index is 0.165. The molecule has 0 radical (unpaired) electrons. The molecule has 1 aromatic heterocycles. The van der Waals surface area contributed by atoms with Gasteiger partial charge in [0.2, 0.25) is 0 Å². The van der Waals surface area contributed by atoms with Crippen LogP contribution in [0.15, 0.2) is 23.4 Å². The van der Waals surface area contributed by atoms with Gasteiger partial charge in [-0.05, 0) is 26.0 Å². The molecule has 1 fully saturated rings. The Kier molecular flexibility index (Phi) is 5.37. The highest BCUT2D eigenvalue weighted by Crippen LogP contribution is 2.33. The number of benzene rings is 1. The molecule has 2 heterocycles. The summed E-state index contributed by atoms with van der Waals surface area (Å²) in [4.78, 5) is 9.56. The largest absolute Gasteiger partial charge is 0.490 e. The van der Waals surface area contributed by atoms with Gasteiger partial charge in [-0.15, -0.1) is 0 Å². The second-order valence-corrected chi connectivity index (χ2v) is 5.57. The first-order valence-corrected chi connectivity index (χ1v) is 8.26. The number of oxime groups is 1. The first-order chi connectivity index (χ1) is 11.7. The summed E-state index contributed by atoms with van der Waals surface area (Å²) in [6.07, 6.45) is 1.71. The highest BCUT2D eigenvalue weighted by Gasteiger charge is 2.22. The van der Waals surface area contributed by atoms with Crippen LogP contribution in [0.1, 0.15) is 19.4 Å². The van der Waals surface area contributed by atoms with Gasteiger partial charge >= 0.3 is 0 Å². The highest BCUT2D eigenvalue weighted by molar-refractivity contribution is 6.32. The van der Waals surface area contributed by atoms with Crippen molar-refractivity contribution in [2.75, 3.05) is 26.4 Å². The highest BCUT2D eigenvalue weighted by atomic mass is 35.5. The van der Waals surface area contributed by atoms with Crippen molar-refractivity contribution in [3.05, 3.63) is 28.9 Å². The quantitative estimate of drug-likeness (QED) is 0.316. The summed E-state index contributed by atoms with van der Waals surface area (Å²) in [5.41, 5.74) is 1.41. The molecule has 1 saturated heterocycles. The lowest BCUT2D eigenvalue weighted by atomic mass is 10.1. The Hall–Kier alpha value is -2.05. The van der Waals surface area contributed by atoms with Crippen molar-refractivity contribution in [1.82, 2.24) is 4.98 Å². The van der Waals surface area contributed by atoms with Crippen molar-refractivity contribution in [2.24, 2.45) is 5.16 Å². The fraction of sp³-hybridized carbons (Fsp3) is 0.412. The van der Waals surface area contributed by atoms with E-state index in [1.54, 1.807) is 6.21 Å². The number of fused-ring (bicyclic) bond motifs is 1. The van der Waals surface area contributed by atoms with Crippen LogP contribution in [0.25, 0.3) is 10.9 Å². The summed E-state index contributed by atoms with van der Waals surface area (Å²) >= 11 is 6.23. The summed E-state index contributed by atoms with van der Waals surface area (Å²) in [6, 6.07) is 5.62. The third-order valence-corrected chi connectivity index (χ3v) is 3.69. The summed E-state index contributed by atoms with van der Waals surface area (Å²) in [5.74, 6) is 1.34. The van der Waals surface area contributed by atoms with Crippen LogP contribution in [0.4, 0.5) is 0 Å². The zero-order valence-electron chi connectivity index (χ0n) is 13.6. The lowest BCUT2D eigenvalue weighted by molar-refractivity contribution is 0.126. The Morgan fingerprint density at radius 1 is 1.25 bits per heavy atom. The average Bonchev–Trinajstić information content (AvgIpc) is 3.38. The van der Waals surface area contributed by atoms with Gasteiger partial charge in [0.25, 0.3) is 0 Å². The summed E-state index contributed by atoms with van der Waals surface area (Å²) < 4.78 is 16.3. The van der Waals surface area contributed by atoms with E-state index < -0.39 is 0 Å². The van der Waals surface area contributed by atoms with E-state index in [0.29, 0.717) is 42.0 Å². The van der Waals surface area contributed by atoms with Gasteiger partial charge in [0, 0.05) is 17.0 Å². The number of hydrogen-bond donors (Lipinski definition) is 0. The van der Waals surface area contributed by atoms with E-state index >= 15 is 0 Å². The fourth-order valence-corrected chi connectivity index (χ4v) is 2.38.